The summed E-state index contributed by atoms with van der Waals surface area (Å²) in [5, 5.41) is 10.6. The molecule has 0 aliphatic carbocycles. The van der Waals surface area contributed by atoms with Crippen LogP contribution in [0.1, 0.15) is 19.4 Å². The zero-order valence-electron chi connectivity index (χ0n) is 9.76. The van der Waals surface area contributed by atoms with Gasteiger partial charge in [0.15, 0.2) is 0 Å². The second-order valence-electron chi connectivity index (χ2n) is 4.32. The van der Waals surface area contributed by atoms with Crippen LogP contribution in [0.5, 0.6) is 0 Å². The Kier molecular flexibility index (Phi) is 3.71. The van der Waals surface area contributed by atoms with E-state index in [0.717, 1.165) is 24.3 Å². The highest BCUT2D eigenvalue weighted by molar-refractivity contribution is 8.00. The quantitative estimate of drug-likeness (QED) is 0.854. The van der Waals surface area contributed by atoms with Crippen molar-refractivity contribution in [1.29, 1.82) is 0 Å². The third-order valence-corrected chi connectivity index (χ3v) is 4.04. The van der Waals surface area contributed by atoms with Crippen molar-refractivity contribution in [3.63, 3.8) is 0 Å². The Bertz CT molecular complexity index is 349. The van der Waals surface area contributed by atoms with E-state index < -0.39 is 0 Å². The van der Waals surface area contributed by atoms with E-state index in [0.29, 0.717) is 10.5 Å². The van der Waals surface area contributed by atoms with Gasteiger partial charge in [-0.2, -0.15) is 11.8 Å². The molecule has 0 bridgehead atoms. The first-order chi connectivity index (χ1) is 7.70. The molecular weight excluding hydrogens is 220 g/mol. The highest BCUT2D eigenvalue weighted by atomic mass is 32.2. The van der Waals surface area contributed by atoms with Crippen LogP contribution < -0.4 is 4.90 Å². The monoisotopic (exact) mass is 238 g/mol. The van der Waals surface area contributed by atoms with Crippen LogP contribution in [0.4, 0.5) is 5.69 Å². The van der Waals surface area contributed by atoms with Gasteiger partial charge in [-0.3, -0.25) is 4.98 Å². The van der Waals surface area contributed by atoms with Gasteiger partial charge in [-0.25, -0.2) is 0 Å². The summed E-state index contributed by atoms with van der Waals surface area (Å²) in [4.78, 5) is 6.42. The fourth-order valence-electron chi connectivity index (χ4n) is 2.22. The summed E-state index contributed by atoms with van der Waals surface area (Å²) in [6.07, 6.45) is 3.55. The lowest BCUT2D eigenvalue weighted by molar-refractivity contribution is 0.281. The number of aliphatic hydroxyl groups is 1. The second kappa shape index (κ2) is 5.06. The van der Waals surface area contributed by atoms with Crippen molar-refractivity contribution in [2.75, 3.05) is 18.0 Å². The maximum atomic E-state index is 9.31. The van der Waals surface area contributed by atoms with Gasteiger partial charge in [0.2, 0.25) is 0 Å². The highest BCUT2D eigenvalue weighted by Crippen LogP contribution is 2.29. The van der Waals surface area contributed by atoms with E-state index in [1.165, 1.54) is 0 Å². The summed E-state index contributed by atoms with van der Waals surface area (Å²) in [6.45, 7) is 6.67. The van der Waals surface area contributed by atoms with Crippen LogP contribution in [-0.2, 0) is 6.61 Å². The van der Waals surface area contributed by atoms with E-state index in [9.17, 15) is 5.11 Å². The van der Waals surface area contributed by atoms with E-state index in [2.05, 4.69) is 23.7 Å². The predicted octanol–water partition coefficient (Wildman–Crippen LogP) is 1.90. The lowest BCUT2D eigenvalue weighted by Gasteiger charge is -2.37. The summed E-state index contributed by atoms with van der Waals surface area (Å²) < 4.78 is 0. The van der Waals surface area contributed by atoms with Crippen molar-refractivity contribution in [2.45, 2.75) is 31.0 Å². The highest BCUT2D eigenvalue weighted by Gasteiger charge is 2.23. The standard InChI is InChI=1S/C12H18N2OS/c1-9-6-14(7-10(2)16-9)12-3-4-13-5-11(12)8-15/h3-5,9-10,15H,6-8H2,1-2H3. The minimum Gasteiger partial charge on any atom is -0.392 e. The summed E-state index contributed by atoms with van der Waals surface area (Å²) >= 11 is 2.03. The van der Waals surface area contributed by atoms with Gasteiger partial charge >= 0.3 is 0 Å². The van der Waals surface area contributed by atoms with E-state index in [4.69, 9.17) is 0 Å². The minimum absolute atomic E-state index is 0.0651. The van der Waals surface area contributed by atoms with E-state index in [1.54, 1.807) is 12.4 Å². The normalized spacial score (nSPS) is 25.8. The summed E-state index contributed by atoms with van der Waals surface area (Å²) in [5.74, 6) is 0. The SMILES string of the molecule is CC1CN(c2ccncc2CO)CC(C)S1. The Hall–Kier alpha value is -0.740. The third kappa shape index (κ3) is 2.50. The molecule has 1 saturated heterocycles. The molecule has 2 rings (SSSR count). The molecule has 2 unspecified atom stereocenters. The first-order valence-electron chi connectivity index (χ1n) is 5.65. The zero-order chi connectivity index (χ0) is 11.5. The molecule has 4 heteroatoms. The van der Waals surface area contributed by atoms with Gasteiger partial charge in [-0.1, -0.05) is 13.8 Å². The average Bonchev–Trinajstić information content (AvgIpc) is 2.27. The number of anilines is 1. The molecule has 0 saturated carbocycles. The van der Waals surface area contributed by atoms with E-state index >= 15 is 0 Å². The molecule has 0 spiro atoms. The van der Waals surface area contributed by atoms with Crippen LogP contribution in [-0.4, -0.2) is 33.7 Å². The van der Waals surface area contributed by atoms with Crippen molar-refractivity contribution in [3.8, 4) is 0 Å². The molecule has 3 nitrogen and oxygen atoms in total. The lowest BCUT2D eigenvalue weighted by atomic mass is 10.2. The molecule has 0 radical (unpaired) electrons. The Balaban J connectivity index is 2.22. The number of thioether (sulfide) groups is 1. The van der Waals surface area contributed by atoms with Crippen molar-refractivity contribution in [1.82, 2.24) is 4.98 Å². The van der Waals surface area contributed by atoms with Crippen LogP contribution in [0.2, 0.25) is 0 Å². The van der Waals surface area contributed by atoms with Crippen molar-refractivity contribution in [3.05, 3.63) is 24.0 Å². The van der Waals surface area contributed by atoms with Crippen LogP contribution >= 0.6 is 11.8 Å². The molecular formula is C12H18N2OS. The number of hydrogen-bond acceptors (Lipinski definition) is 4. The van der Waals surface area contributed by atoms with Gasteiger partial charge in [0, 0.05) is 47.2 Å². The second-order valence-corrected chi connectivity index (χ2v) is 6.21. The van der Waals surface area contributed by atoms with E-state index in [1.807, 2.05) is 17.8 Å². The smallest absolute Gasteiger partial charge is 0.0717 e. The molecule has 0 amide bonds. The number of nitrogens with zero attached hydrogens (tertiary/aromatic N) is 2. The molecule has 1 aromatic heterocycles. The van der Waals surface area contributed by atoms with Crippen molar-refractivity contribution >= 4 is 17.4 Å². The summed E-state index contributed by atoms with van der Waals surface area (Å²) in [5.41, 5.74) is 2.06. The molecule has 88 valence electrons. The topological polar surface area (TPSA) is 36.4 Å². The van der Waals surface area contributed by atoms with Crippen LogP contribution in [0.25, 0.3) is 0 Å². The summed E-state index contributed by atoms with van der Waals surface area (Å²) in [7, 11) is 0. The largest absolute Gasteiger partial charge is 0.392 e. The molecule has 1 aromatic rings. The molecule has 1 aliphatic heterocycles. The first kappa shape index (κ1) is 11.7. The van der Waals surface area contributed by atoms with Crippen molar-refractivity contribution < 1.29 is 5.11 Å². The van der Waals surface area contributed by atoms with Crippen molar-refractivity contribution in [2.24, 2.45) is 0 Å². The van der Waals surface area contributed by atoms with Crippen LogP contribution in [0.3, 0.4) is 0 Å². The van der Waals surface area contributed by atoms with E-state index in [-0.39, 0.29) is 6.61 Å². The van der Waals surface area contributed by atoms with Gasteiger partial charge < -0.3 is 10.0 Å². The minimum atomic E-state index is 0.0651. The maximum Gasteiger partial charge on any atom is 0.0717 e. The third-order valence-electron chi connectivity index (χ3n) is 2.81. The maximum absolute atomic E-state index is 9.31. The Morgan fingerprint density at radius 1 is 1.44 bits per heavy atom. The molecule has 2 atom stereocenters. The van der Waals surface area contributed by atoms with Gasteiger partial charge in [0.1, 0.15) is 0 Å². The predicted molar refractivity (Wildman–Crippen MR) is 68.9 cm³/mol. The van der Waals surface area contributed by atoms with Gasteiger partial charge in [0.25, 0.3) is 0 Å². The average molecular weight is 238 g/mol. The zero-order valence-corrected chi connectivity index (χ0v) is 10.6. The summed E-state index contributed by atoms with van der Waals surface area (Å²) in [6, 6.07) is 2.00. The van der Waals surface area contributed by atoms with Crippen LogP contribution in [0, 0.1) is 0 Å². The number of pyridine rings is 1. The molecule has 1 aliphatic rings. The van der Waals surface area contributed by atoms with Gasteiger partial charge in [-0.15, -0.1) is 0 Å². The fourth-order valence-corrected chi connectivity index (χ4v) is 3.55. The lowest BCUT2D eigenvalue weighted by Crippen LogP contribution is -2.40. The molecule has 16 heavy (non-hydrogen) atoms. The Morgan fingerprint density at radius 3 is 2.75 bits per heavy atom. The Morgan fingerprint density at radius 2 is 2.12 bits per heavy atom. The fraction of sp³-hybridized carbons (Fsp3) is 0.583. The molecule has 2 heterocycles. The van der Waals surface area contributed by atoms with Gasteiger partial charge in [-0.05, 0) is 6.07 Å². The number of aliphatic hydroxyl groups excluding tert-OH is 1. The van der Waals surface area contributed by atoms with Gasteiger partial charge in [0.05, 0.1) is 6.61 Å². The molecule has 1 fully saturated rings. The number of rotatable bonds is 2. The Labute approximate surface area is 101 Å². The number of hydrogen-bond donors (Lipinski definition) is 1. The molecule has 1 N–H and O–H groups in total. The van der Waals surface area contributed by atoms with Crippen LogP contribution in [0.15, 0.2) is 18.5 Å². The molecule has 0 aromatic carbocycles. The number of aromatic nitrogens is 1. The first-order valence-corrected chi connectivity index (χ1v) is 6.59.